The van der Waals surface area contributed by atoms with Crippen molar-refractivity contribution in [2.75, 3.05) is 6.61 Å². The van der Waals surface area contributed by atoms with E-state index < -0.39 is 60.5 Å². The van der Waals surface area contributed by atoms with Crippen molar-refractivity contribution in [1.29, 1.82) is 0 Å². The number of carbonyl (C=O) groups is 1. The number of fused-ring (bicyclic) bond motifs is 1. The van der Waals surface area contributed by atoms with Crippen LogP contribution in [-0.4, -0.2) is 47.9 Å². The van der Waals surface area contributed by atoms with Gasteiger partial charge >= 0.3 is 19.7 Å². The Labute approximate surface area is 166 Å². The van der Waals surface area contributed by atoms with Crippen LogP contribution in [-0.2, 0) is 19.6 Å². The van der Waals surface area contributed by atoms with E-state index >= 15 is 0 Å². The molecule has 0 bridgehead atoms. The topological polar surface area (TPSA) is 97.6 Å². The van der Waals surface area contributed by atoms with Gasteiger partial charge in [0.1, 0.15) is 22.9 Å². The van der Waals surface area contributed by atoms with Crippen LogP contribution in [0, 0.1) is 11.7 Å². The lowest BCUT2D eigenvalue weighted by Gasteiger charge is -2.40. The van der Waals surface area contributed by atoms with Gasteiger partial charge in [0.25, 0.3) is 0 Å². The highest BCUT2D eigenvalue weighted by Crippen LogP contribution is 2.49. The molecule has 1 aromatic rings. The van der Waals surface area contributed by atoms with Crippen molar-refractivity contribution >= 4 is 24.7 Å². The molecule has 0 saturated carbocycles. The first kappa shape index (κ1) is 23.0. The van der Waals surface area contributed by atoms with Crippen molar-refractivity contribution in [2.24, 2.45) is 10.9 Å². The minimum atomic E-state index is -3.23. The quantitative estimate of drug-likeness (QED) is 0.565. The molecule has 0 saturated heterocycles. The van der Waals surface area contributed by atoms with Gasteiger partial charge in [-0.25, -0.2) is 14.2 Å². The van der Waals surface area contributed by atoms with Crippen molar-refractivity contribution in [2.45, 2.75) is 52.1 Å². The fourth-order valence-corrected chi connectivity index (χ4v) is 3.06. The highest BCUT2D eigenvalue weighted by atomic mass is 19.3. The molecule has 0 spiro atoms. The molecule has 0 aromatic heterocycles. The number of rotatable bonds is 5. The Morgan fingerprint density at radius 3 is 2.48 bits per heavy atom. The summed E-state index contributed by atoms with van der Waals surface area (Å²) in [5.74, 6) is -3.29. The van der Waals surface area contributed by atoms with E-state index in [2.05, 4.69) is 9.73 Å². The average molecular weight is 417 g/mol. The Bertz CT molecular complexity index is 812. The maximum absolute atomic E-state index is 14.5. The van der Waals surface area contributed by atoms with E-state index in [1.54, 1.807) is 20.8 Å². The summed E-state index contributed by atoms with van der Waals surface area (Å²) in [4.78, 5) is 15.8. The largest absolute Gasteiger partial charge is 0.482 e. The van der Waals surface area contributed by atoms with Gasteiger partial charge in [-0.15, -0.1) is 0 Å². The number of carbonyl (C=O) groups excluding carboxylic acids is 1. The second kappa shape index (κ2) is 8.23. The van der Waals surface area contributed by atoms with Crippen LogP contribution < -0.4 is 4.74 Å². The monoisotopic (exact) mass is 417 g/mol. The molecule has 1 heterocycles. The maximum Gasteiger partial charge on any atom is 0.463 e. The molecule has 29 heavy (non-hydrogen) atoms. The lowest BCUT2D eigenvalue weighted by molar-refractivity contribution is -0.157. The van der Waals surface area contributed by atoms with Gasteiger partial charge in [0.15, 0.2) is 12.5 Å². The fourth-order valence-electron chi connectivity index (χ4n) is 3.06. The smallest absolute Gasteiger partial charge is 0.463 e. The number of esters is 1. The van der Waals surface area contributed by atoms with Crippen molar-refractivity contribution in [3.05, 3.63) is 23.5 Å². The molecule has 0 aliphatic carbocycles. The summed E-state index contributed by atoms with van der Waals surface area (Å²) >= 11 is 0. The zero-order valence-corrected chi connectivity index (χ0v) is 16.7. The van der Waals surface area contributed by atoms with Crippen LogP contribution in [0.2, 0.25) is 0 Å². The standard InChI is InChI=1S/C18H23BF3NO6/c1-9-15(28-16(21)22)23-14-10(20)6-7-11(13(14)18(9,5)19(25)26)27-8-12(24)29-17(2,3)4/h6-7,9,16,25-26H,8H2,1-5H3. The van der Waals surface area contributed by atoms with Crippen molar-refractivity contribution in [3.8, 4) is 5.75 Å². The molecule has 1 aliphatic heterocycles. The third kappa shape index (κ3) is 4.84. The van der Waals surface area contributed by atoms with Crippen LogP contribution in [0.5, 0.6) is 5.75 Å². The summed E-state index contributed by atoms with van der Waals surface area (Å²) in [5.41, 5.74) is -1.26. The summed E-state index contributed by atoms with van der Waals surface area (Å²) in [6.07, 6.45) is 0. The first-order chi connectivity index (χ1) is 13.3. The Morgan fingerprint density at radius 2 is 1.97 bits per heavy atom. The molecule has 2 rings (SSSR count). The SMILES string of the molecule is CC1C(OC(F)F)=Nc2c(F)ccc(OCC(=O)OC(C)(C)C)c2C1(C)B(O)O. The van der Waals surface area contributed by atoms with Gasteiger partial charge in [-0.1, -0.05) is 13.8 Å². The number of hydrogen-bond acceptors (Lipinski definition) is 7. The first-order valence-corrected chi connectivity index (χ1v) is 8.84. The lowest BCUT2D eigenvalue weighted by Crippen LogP contribution is -2.51. The molecule has 1 aromatic carbocycles. The molecule has 0 radical (unpaired) electrons. The number of hydrogen-bond donors (Lipinski definition) is 2. The van der Waals surface area contributed by atoms with Crippen molar-refractivity contribution in [3.63, 3.8) is 0 Å². The number of alkyl halides is 2. The van der Waals surface area contributed by atoms with Crippen LogP contribution in [0.1, 0.15) is 40.2 Å². The minimum absolute atomic E-state index is 0.0606. The Balaban J connectivity index is 2.52. The van der Waals surface area contributed by atoms with Gasteiger partial charge in [0, 0.05) is 16.8 Å². The van der Waals surface area contributed by atoms with Crippen molar-refractivity contribution < 1.29 is 42.2 Å². The Hall–Kier alpha value is -2.27. The predicted molar refractivity (Wildman–Crippen MR) is 98.6 cm³/mol. The van der Waals surface area contributed by atoms with Gasteiger partial charge in [0.05, 0.1) is 0 Å². The van der Waals surface area contributed by atoms with E-state index in [0.717, 1.165) is 6.07 Å². The molecule has 2 unspecified atom stereocenters. The molecule has 11 heteroatoms. The van der Waals surface area contributed by atoms with Crippen LogP contribution in [0.15, 0.2) is 17.1 Å². The molecular weight excluding hydrogens is 394 g/mol. The second-order valence-electron chi connectivity index (χ2n) is 7.85. The van der Waals surface area contributed by atoms with Gasteiger partial charge in [-0.2, -0.15) is 8.78 Å². The molecule has 0 amide bonds. The van der Waals surface area contributed by atoms with E-state index in [-0.39, 0.29) is 11.3 Å². The molecule has 0 fully saturated rings. The molecule has 2 atom stereocenters. The number of benzene rings is 1. The second-order valence-corrected chi connectivity index (χ2v) is 7.85. The number of aliphatic imine (C=N–C) groups is 1. The van der Waals surface area contributed by atoms with Crippen LogP contribution in [0.4, 0.5) is 18.9 Å². The summed E-state index contributed by atoms with van der Waals surface area (Å²) < 4.78 is 54.9. The summed E-state index contributed by atoms with van der Waals surface area (Å²) in [6, 6.07) is 2.16. The van der Waals surface area contributed by atoms with Crippen LogP contribution >= 0.6 is 0 Å². The van der Waals surface area contributed by atoms with E-state index in [0.29, 0.717) is 0 Å². The van der Waals surface area contributed by atoms with E-state index in [1.165, 1.54) is 19.9 Å². The third-order valence-electron chi connectivity index (χ3n) is 4.63. The average Bonchev–Trinajstić information content (AvgIpc) is 2.57. The lowest BCUT2D eigenvalue weighted by atomic mass is 9.49. The number of nitrogens with zero attached hydrogens (tertiary/aromatic N) is 1. The number of halogens is 3. The summed E-state index contributed by atoms with van der Waals surface area (Å²) in [5, 5.41) is 18.4. The van der Waals surface area contributed by atoms with Gasteiger partial charge in [-0.3, -0.25) is 0 Å². The Kier molecular flexibility index (Phi) is 6.53. The van der Waals surface area contributed by atoms with Crippen LogP contribution in [0.3, 0.4) is 0 Å². The van der Waals surface area contributed by atoms with Gasteiger partial charge in [0.2, 0.25) is 0 Å². The van der Waals surface area contributed by atoms with Gasteiger partial charge in [-0.05, 0) is 32.9 Å². The predicted octanol–water partition coefficient (Wildman–Crippen LogP) is 2.73. The summed E-state index contributed by atoms with van der Waals surface area (Å²) in [7, 11) is -2.10. The minimum Gasteiger partial charge on any atom is -0.482 e. The zero-order valence-electron chi connectivity index (χ0n) is 16.7. The van der Waals surface area contributed by atoms with E-state index in [1.807, 2.05) is 0 Å². The van der Waals surface area contributed by atoms with Crippen molar-refractivity contribution in [1.82, 2.24) is 0 Å². The molecule has 160 valence electrons. The zero-order chi connectivity index (χ0) is 22.1. The highest BCUT2D eigenvalue weighted by Gasteiger charge is 2.53. The first-order valence-electron chi connectivity index (χ1n) is 8.84. The maximum atomic E-state index is 14.5. The molecule has 1 aliphatic rings. The molecular formula is C18H23BF3NO6. The molecule has 2 N–H and O–H groups in total. The Morgan fingerprint density at radius 1 is 1.34 bits per heavy atom. The summed E-state index contributed by atoms with van der Waals surface area (Å²) in [6.45, 7) is 3.95. The normalized spacial score (nSPS) is 21.3. The van der Waals surface area contributed by atoms with Gasteiger partial charge < -0.3 is 24.3 Å². The van der Waals surface area contributed by atoms with Crippen LogP contribution in [0.25, 0.3) is 0 Å². The number of ether oxygens (including phenoxy) is 3. The highest BCUT2D eigenvalue weighted by molar-refractivity contribution is 6.47. The molecule has 7 nitrogen and oxygen atoms in total. The van der Waals surface area contributed by atoms with E-state index in [9.17, 15) is 28.0 Å². The fraction of sp³-hybridized carbons (Fsp3) is 0.556. The van der Waals surface area contributed by atoms with E-state index in [4.69, 9.17) is 9.47 Å². The third-order valence-corrected chi connectivity index (χ3v) is 4.63.